The molecular weight excluding hydrogens is 316 g/mol. The van der Waals surface area contributed by atoms with Crippen LogP contribution in [-0.2, 0) is 26.5 Å². The number of rotatable bonds is 6. The van der Waals surface area contributed by atoms with E-state index >= 15 is 0 Å². The number of sulfonamides is 2. The van der Waals surface area contributed by atoms with Crippen molar-refractivity contribution >= 4 is 20.0 Å². The minimum Gasteiger partial charge on any atom is -0.335 e. The van der Waals surface area contributed by atoms with Crippen LogP contribution in [0.5, 0.6) is 0 Å². The average Bonchev–Trinajstić information content (AvgIpc) is 2.92. The maximum absolute atomic E-state index is 11.8. The van der Waals surface area contributed by atoms with Gasteiger partial charge >= 0.3 is 0 Å². The highest BCUT2D eigenvalue weighted by Gasteiger charge is 2.14. The molecule has 0 saturated heterocycles. The number of hydrogen-bond donors (Lipinski definition) is 3. The smallest absolute Gasteiger partial charge is 0.257 e. The molecule has 1 aromatic carbocycles. The van der Waals surface area contributed by atoms with Crippen LogP contribution in [0, 0.1) is 0 Å². The van der Waals surface area contributed by atoms with Crippen molar-refractivity contribution in [2.45, 2.75) is 16.3 Å². The summed E-state index contributed by atoms with van der Waals surface area (Å²) >= 11 is 0. The number of primary sulfonamides is 1. The van der Waals surface area contributed by atoms with E-state index in [0.717, 1.165) is 5.56 Å². The van der Waals surface area contributed by atoms with Crippen molar-refractivity contribution in [2.24, 2.45) is 5.14 Å². The summed E-state index contributed by atoms with van der Waals surface area (Å²) < 4.78 is 48.2. The molecule has 0 amide bonds. The van der Waals surface area contributed by atoms with Crippen molar-refractivity contribution in [3.8, 4) is 0 Å². The Morgan fingerprint density at radius 2 is 1.81 bits per heavy atom. The van der Waals surface area contributed by atoms with E-state index in [1.807, 2.05) is 0 Å². The minimum atomic E-state index is -3.72. The molecule has 8 nitrogen and oxygen atoms in total. The van der Waals surface area contributed by atoms with Crippen LogP contribution >= 0.6 is 0 Å². The molecule has 10 heteroatoms. The maximum Gasteiger partial charge on any atom is 0.257 e. The van der Waals surface area contributed by atoms with Crippen molar-refractivity contribution in [2.75, 3.05) is 6.54 Å². The average molecular weight is 330 g/mol. The number of nitrogens with zero attached hydrogens (tertiary/aromatic N) is 1. The van der Waals surface area contributed by atoms with E-state index in [1.165, 1.54) is 24.7 Å². The van der Waals surface area contributed by atoms with Crippen LogP contribution < -0.4 is 9.86 Å². The lowest BCUT2D eigenvalue weighted by Gasteiger charge is -2.05. The summed E-state index contributed by atoms with van der Waals surface area (Å²) in [7, 11) is -7.32. The highest BCUT2D eigenvalue weighted by Crippen LogP contribution is 2.09. The third-order valence-corrected chi connectivity index (χ3v) is 5.04. The lowest BCUT2D eigenvalue weighted by Crippen LogP contribution is -2.26. The molecule has 0 saturated carbocycles. The van der Waals surface area contributed by atoms with Crippen molar-refractivity contribution < 1.29 is 16.8 Å². The number of aromatic nitrogens is 2. The molecule has 0 atom stereocenters. The zero-order valence-corrected chi connectivity index (χ0v) is 12.5. The first-order valence-electron chi connectivity index (χ1n) is 5.89. The van der Waals surface area contributed by atoms with Crippen LogP contribution in [-0.4, -0.2) is 33.3 Å². The molecule has 21 heavy (non-hydrogen) atoms. The van der Waals surface area contributed by atoms with Gasteiger partial charge in [-0.3, -0.25) is 0 Å². The first kappa shape index (κ1) is 15.6. The van der Waals surface area contributed by atoms with Crippen LogP contribution in [0.25, 0.3) is 0 Å². The van der Waals surface area contributed by atoms with E-state index in [9.17, 15) is 16.8 Å². The Balaban J connectivity index is 1.95. The highest BCUT2D eigenvalue weighted by molar-refractivity contribution is 7.89. The second kappa shape index (κ2) is 5.93. The molecule has 0 fully saturated rings. The second-order valence-corrected chi connectivity index (χ2v) is 7.55. The zero-order chi connectivity index (χ0) is 15.5. The first-order valence-corrected chi connectivity index (χ1v) is 8.92. The zero-order valence-electron chi connectivity index (χ0n) is 10.9. The van der Waals surface area contributed by atoms with Crippen LogP contribution in [0.15, 0.2) is 46.7 Å². The summed E-state index contributed by atoms with van der Waals surface area (Å²) in [5.74, 6) is 0. The van der Waals surface area contributed by atoms with E-state index in [-0.39, 0.29) is 16.5 Å². The molecule has 0 aliphatic carbocycles. The molecule has 4 N–H and O–H groups in total. The van der Waals surface area contributed by atoms with E-state index in [0.29, 0.717) is 6.42 Å². The molecule has 2 rings (SSSR count). The third kappa shape index (κ3) is 4.11. The number of imidazole rings is 1. The maximum atomic E-state index is 11.8. The lowest BCUT2D eigenvalue weighted by molar-refractivity contribution is 0.578. The van der Waals surface area contributed by atoms with Gasteiger partial charge in [0.05, 0.1) is 17.4 Å². The lowest BCUT2D eigenvalue weighted by atomic mass is 10.2. The van der Waals surface area contributed by atoms with E-state index in [4.69, 9.17) is 5.14 Å². The largest absolute Gasteiger partial charge is 0.335 e. The van der Waals surface area contributed by atoms with Gasteiger partial charge in [-0.25, -0.2) is 31.7 Å². The van der Waals surface area contributed by atoms with Gasteiger partial charge in [0.15, 0.2) is 5.03 Å². The number of nitrogens with two attached hydrogens (primary N) is 1. The van der Waals surface area contributed by atoms with E-state index < -0.39 is 20.0 Å². The fraction of sp³-hybridized carbons (Fsp3) is 0.182. The Kier molecular flexibility index (Phi) is 4.42. The Bertz CT molecular complexity index is 796. The van der Waals surface area contributed by atoms with Crippen LogP contribution in [0.2, 0.25) is 0 Å². The summed E-state index contributed by atoms with van der Waals surface area (Å²) in [4.78, 5) is 6.17. The molecule has 0 bridgehead atoms. The van der Waals surface area contributed by atoms with Gasteiger partial charge in [0.1, 0.15) is 0 Å². The van der Waals surface area contributed by atoms with E-state index in [2.05, 4.69) is 14.7 Å². The predicted octanol–water partition coefficient (Wildman–Crippen LogP) is -0.422. The third-order valence-electron chi connectivity index (χ3n) is 2.72. The highest BCUT2D eigenvalue weighted by atomic mass is 32.2. The van der Waals surface area contributed by atoms with Crippen LogP contribution in [0.4, 0.5) is 0 Å². The molecule has 1 heterocycles. The molecule has 0 aliphatic rings. The number of benzene rings is 1. The van der Waals surface area contributed by atoms with Crippen molar-refractivity contribution in [1.82, 2.24) is 14.7 Å². The summed E-state index contributed by atoms with van der Waals surface area (Å²) in [5, 5.41) is 4.98. The van der Waals surface area contributed by atoms with Crippen molar-refractivity contribution in [3.63, 3.8) is 0 Å². The van der Waals surface area contributed by atoms with E-state index in [1.54, 1.807) is 12.1 Å². The Morgan fingerprint density at radius 1 is 1.14 bits per heavy atom. The fourth-order valence-electron chi connectivity index (χ4n) is 1.64. The molecule has 0 spiro atoms. The molecule has 1 aromatic heterocycles. The van der Waals surface area contributed by atoms with Gasteiger partial charge in [-0.15, -0.1) is 0 Å². The van der Waals surface area contributed by atoms with Gasteiger partial charge in [0.25, 0.3) is 10.0 Å². The summed E-state index contributed by atoms with van der Waals surface area (Å²) in [5.41, 5.74) is 0.787. The Labute approximate surface area is 122 Å². The predicted molar refractivity (Wildman–Crippen MR) is 75.3 cm³/mol. The van der Waals surface area contributed by atoms with Gasteiger partial charge < -0.3 is 4.98 Å². The van der Waals surface area contributed by atoms with Crippen LogP contribution in [0.1, 0.15) is 5.56 Å². The normalized spacial score (nSPS) is 12.4. The quantitative estimate of drug-likeness (QED) is 0.661. The van der Waals surface area contributed by atoms with Gasteiger partial charge in [-0.2, -0.15) is 0 Å². The molecule has 114 valence electrons. The monoisotopic (exact) mass is 330 g/mol. The minimum absolute atomic E-state index is 0.00734. The Morgan fingerprint density at radius 3 is 2.33 bits per heavy atom. The van der Waals surface area contributed by atoms with Crippen LogP contribution in [0.3, 0.4) is 0 Å². The van der Waals surface area contributed by atoms with Crippen molar-refractivity contribution in [1.29, 1.82) is 0 Å². The second-order valence-electron chi connectivity index (χ2n) is 4.25. The fourth-order valence-corrected chi connectivity index (χ4v) is 3.09. The summed E-state index contributed by atoms with van der Waals surface area (Å²) in [6.45, 7) is 0.177. The number of H-pyrrole nitrogens is 1. The molecule has 0 unspecified atom stereocenters. The summed E-state index contributed by atoms with van der Waals surface area (Å²) in [6, 6.07) is 5.94. The standard InChI is InChI=1S/C11H14N4O4S2/c12-20(16,17)10-3-1-9(2-4-10)5-6-15-21(18,19)11-7-13-8-14-11/h1-4,7-8,15H,5-6H2,(H,13,14)(H2,12,16,17). The first-order chi connectivity index (χ1) is 9.79. The van der Waals surface area contributed by atoms with Gasteiger partial charge in [-0.1, -0.05) is 12.1 Å². The molecule has 0 radical (unpaired) electrons. The van der Waals surface area contributed by atoms with Crippen molar-refractivity contribution in [3.05, 3.63) is 42.4 Å². The Hall–Kier alpha value is -1.75. The van der Waals surface area contributed by atoms with Gasteiger partial charge in [-0.05, 0) is 24.1 Å². The number of aromatic amines is 1. The number of hydrogen-bond acceptors (Lipinski definition) is 5. The molecule has 0 aliphatic heterocycles. The van der Waals surface area contributed by atoms with Gasteiger partial charge in [0.2, 0.25) is 10.0 Å². The molecule has 2 aromatic rings. The SMILES string of the molecule is NS(=O)(=O)c1ccc(CCNS(=O)(=O)c2cnc[nH]2)cc1. The number of nitrogens with one attached hydrogen (secondary N) is 2. The summed E-state index contributed by atoms with van der Waals surface area (Å²) in [6.07, 6.45) is 2.90. The van der Waals surface area contributed by atoms with Gasteiger partial charge in [0, 0.05) is 6.54 Å². The molecular formula is C11H14N4O4S2. The topological polar surface area (TPSA) is 135 Å².